The van der Waals surface area contributed by atoms with E-state index in [0.29, 0.717) is 28.7 Å². The number of rotatable bonds is 14. The largest absolute Gasteiger partial charge is 2.00 e. The third-order valence-corrected chi connectivity index (χ3v) is 9.19. The molecule has 2 aromatic heterocycles. The number of ether oxygens (including phenoxy) is 5. The zero-order valence-corrected chi connectivity index (χ0v) is 37.9. The maximum absolute atomic E-state index is 13.0. The van der Waals surface area contributed by atoms with Crippen LogP contribution >= 0.6 is 0 Å². The molecule has 62 heavy (non-hydrogen) atoms. The van der Waals surface area contributed by atoms with E-state index in [0.717, 1.165) is 40.8 Å². The fourth-order valence-corrected chi connectivity index (χ4v) is 5.61. The summed E-state index contributed by atoms with van der Waals surface area (Å²) in [6, 6.07) is 28.9. The number of pyridine rings is 2. The second-order valence-corrected chi connectivity index (χ2v) is 13.7. The molecule has 0 saturated heterocycles. The van der Waals surface area contributed by atoms with E-state index in [2.05, 4.69) is 11.7 Å². The second-order valence-electron chi connectivity index (χ2n) is 13.7. The average Bonchev–Trinajstić information content (AvgIpc) is 4.00. The van der Waals surface area contributed by atoms with Crippen LogP contribution in [0.1, 0.15) is 42.0 Å². The molecule has 6 aromatic rings. The number of benzene rings is 4. The Morgan fingerprint density at radius 1 is 0.661 bits per heavy atom. The average molecular weight is 926 g/mol. The van der Waals surface area contributed by atoms with Crippen LogP contribution in [-0.2, 0) is 22.7 Å². The Hall–Kier alpha value is -5.48. The van der Waals surface area contributed by atoms with Gasteiger partial charge in [-0.05, 0) is 122 Å². The molecule has 1 N–H and O–H groups in total. The van der Waals surface area contributed by atoms with E-state index < -0.39 is 11.6 Å². The summed E-state index contributed by atoms with van der Waals surface area (Å²) in [7, 11) is 1.29. The van der Waals surface area contributed by atoms with Gasteiger partial charge in [0.05, 0.1) is 12.7 Å². The SMILES string of the molecule is COC(=O)COc1ccc(-n2ccc(OCc3ccc(F)cc3)cc2=O)cc1C.Cc1cc(-n2ccc(OCc3ccc(F)cc3)cc2=O)ccc1OCC1(O)CC1.[Br-].[CH2-]C.[Mg+2]. The van der Waals surface area contributed by atoms with Crippen LogP contribution in [0, 0.1) is 32.4 Å². The molecule has 1 saturated carbocycles. The predicted octanol–water partition coefficient (Wildman–Crippen LogP) is 4.65. The normalized spacial score (nSPS) is 11.7. The van der Waals surface area contributed by atoms with Crippen molar-refractivity contribution in [2.45, 2.75) is 52.4 Å². The molecule has 2 heterocycles. The van der Waals surface area contributed by atoms with Crippen molar-refractivity contribution in [3.05, 3.63) is 183 Å². The smallest absolute Gasteiger partial charge is 1.00 e. The van der Waals surface area contributed by atoms with E-state index in [4.69, 9.17) is 18.9 Å². The summed E-state index contributed by atoms with van der Waals surface area (Å²) < 4.78 is 55.8. The summed E-state index contributed by atoms with van der Waals surface area (Å²) in [5, 5.41) is 9.91. The Morgan fingerprint density at radius 3 is 1.45 bits per heavy atom. The standard InChI is InChI=1S/C23H22FNO4.C22H20FNO5.C2H5.BrH.Mg/c1-16-12-19(6-7-21(16)29-15-23(27)9-10-23)25-11-8-20(13-22(25)26)28-14-17-2-4-18(24)5-3-17;1-15-11-18(7-8-20(15)29-14-22(26)27-2)24-10-9-19(12-21(24)25)28-13-16-3-5-17(23)6-4-16;1-2;;/h2-8,11-13,27H,9-10,14-15H2,1H3;3-12H,13-14H2,1-2H3;1H2,2H3;1H;/q;;-1;;+2/p-1. The molecule has 322 valence electrons. The van der Waals surface area contributed by atoms with Gasteiger partial charge in [0.25, 0.3) is 11.1 Å². The second kappa shape index (κ2) is 24.2. The van der Waals surface area contributed by atoms with Crippen LogP contribution in [0.4, 0.5) is 8.78 Å². The number of carbonyl (C=O) groups is 1. The molecule has 0 radical (unpaired) electrons. The number of aryl methyl sites for hydroxylation is 2. The first-order valence-electron chi connectivity index (χ1n) is 19.1. The van der Waals surface area contributed by atoms with E-state index in [1.807, 2.05) is 26.0 Å². The first-order valence-corrected chi connectivity index (χ1v) is 19.1. The number of aliphatic hydroxyl groups is 1. The molecule has 0 spiro atoms. The Morgan fingerprint density at radius 2 is 1.08 bits per heavy atom. The Bertz CT molecular complexity index is 2490. The summed E-state index contributed by atoms with van der Waals surface area (Å²) in [5.74, 6) is 1.02. The minimum Gasteiger partial charge on any atom is -1.00 e. The van der Waals surface area contributed by atoms with Gasteiger partial charge in [-0.25, -0.2) is 13.6 Å². The molecule has 4 aromatic carbocycles. The van der Waals surface area contributed by atoms with Gasteiger partial charge in [0, 0.05) is 35.9 Å². The number of hydrogen-bond donors (Lipinski definition) is 1. The van der Waals surface area contributed by atoms with Crippen molar-refractivity contribution >= 4 is 29.0 Å². The van der Waals surface area contributed by atoms with Gasteiger partial charge in [-0.2, -0.15) is 6.92 Å². The molecule has 0 aliphatic heterocycles. The van der Waals surface area contributed by atoms with Gasteiger partial charge in [-0.3, -0.25) is 18.7 Å². The molecule has 11 nitrogen and oxygen atoms in total. The van der Waals surface area contributed by atoms with Crippen molar-refractivity contribution in [1.29, 1.82) is 0 Å². The minimum atomic E-state index is -0.675. The van der Waals surface area contributed by atoms with Gasteiger partial charge in [-0.15, -0.1) is 0 Å². The zero-order valence-electron chi connectivity index (χ0n) is 34.9. The summed E-state index contributed by atoms with van der Waals surface area (Å²) in [6.07, 6.45) is 4.82. The number of aromatic nitrogens is 2. The van der Waals surface area contributed by atoms with Crippen LogP contribution in [0.15, 0.2) is 131 Å². The number of methoxy groups -OCH3 is 1. The molecule has 1 aliphatic carbocycles. The van der Waals surface area contributed by atoms with E-state index >= 15 is 0 Å². The van der Waals surface area contributed by atoms with Crippen molar-refractivity contribution in [1.82, 2.24) is 9.13 Å². The molecular weight excluding hydrogens is 879 g/mol. The van der Waals surface area contributed by atoms with Gasteiger partial charge in [0.1, 0.15) is 54.5 Å². The molecule has 1 aliphatic rings. The van der Waals surface area contributed by atoms with Crippen LogP contribution in [-0.4, -0.2) is 69.2 Å². The first-order chi connectivity index (χ1) is 28.9. The van der Waals surface area contributed by atoms with Gasteiger partial charge < -0.3 is 52.7 Å². The van der Waals surface area contributed by atoms with E-state index in [1.165, 1.54) is 52.6 Å². The van der Waals surface area contributed by atoms with Gasteiger partial charge in [0.2, 0.25) is 0 Å². The topological polar surface area (TPSA) is 127 Å². The number of carbonyl (C=O) groups excluding carboxylic acids is 1. The number of esters is 1. The molecule has 0 bridgehead atoms. The summed E-state index contributed by atoms with van der Waals surface area (Å²) in [5.41, 5.74) is 3.49. The van der Waals surface area contributed by atoms with Crippen molar-refractivity contribution < 1.29 is 59.3 Å². The van der Waals surface area contributed by atoms with Gasteiger partial charge >= 0.3 is 29.0 Å². The zero-order chi connectivity index (χ0) is 43.2. The van der Waals surface area contributed by atoms with Crippen molar-refractivity contribution in [2.75, 3.05) is 20.3 Å². The van der Waals surface area contributed by atoms with Gasteiger partial charge in [-0.1, -0.05) is 24.3 Å². The predicted molar refractivity (Wildman–Crippen MR) is 229 cm³/mol. The summed E-state index contributed by atoms with van der Waals surface area (Å²) >= 11 is 0. The van der Waals surface area contributed by atoms with E-state index in [1.54, 1.807) is 80.0 Å². The van der Waals surface area contributed by atoms with Crippen LogP contribution in [0.3, 0.4) is 0 Å². The van der Waals surface area contributed by atoms with E-state index in [9.17, 15) is 28.3 Å². The summed E-state index contributed by atoms with van der Waals surface area (Å²) in [6.45, 7) is 9.31. The third kappa shape index (κ3) is 14.9. The van der Waals surface area contributed by atoms with Crippen LogP contribution < -0.4 is 47.0 Å². The quantitative estimate of drug-likeness (QED) is 0.0945. The number of halogens is 3. The third-order valence-electron chi connectivity index (χ3n) is 9.19. The molecule has 0 amide bonds. The number of hydrogen-bond acceptors (Lipinski definition) is 9. The Labute approximate surface area is 385 Å². The minimum absolute atomic E-state index is 0. The molecule has 7 rings (SSSR count). The molecule has 0 unspecified atom stereocenters. The van der Waals surface area contributed by atoms with E-state index in [-0.39, 0.29) is 89.2 Å². The molecule has 15 heteroatoms. The van der Waals surface area contributed by atoms with Crippen LogP contribution in [0.5, 0.6) is 23.0 Å². The molecular formula is C47H47BrF2MgN2O9. The van der Waals surface area contributed by atoms with Gasteiger partial charge in [0.15, 0.2) is 6.61 Å². The Balaban J connectivity index is 0.000000308. The fourth-order valence-electron chi connectivity index (χ4n) is 5.61. The van der Waals surface area contributed by atoms with Crippen molar-refractivity contribution in [3.8, 4) is 34.4 Å². The number of nitrogens with zero attached hydrogens (tertiary/aromatic N) is 2. The van der Waals surface area contributed by atoms with Crippen molar-refractivity contribution in [3.63, 3.8) is 0 Å². The maximum atomic E-state index is 13.0. The molecule has 1 fully saturated rings. The fraction of sp³-hybridized carbons (Fsp3) is 0.234. The maximum Gasteiger partial charge on any atom is 2.00 e. The first kappa shape index (κ1) is 50.9. The molecule has 0 atom stereocenters. The van der Waals surface area contributed by atoms with Crippen LogP contribution in [0.25, 0.3) is 11.4 Å². The van der Waals surface area contributed by atoms with Crippen LogP contribution in [0.2, 0.25) is 0 Å². The van der Waals surface area contributed by atoms with Crippen molar-refractivity contribution in [2.24, 2.45) is 0 Å². The summed E-state index contributed by atoms with van der Waals surface area (Å²) in [4.78, 5) is 36.2. The Kier molecular flexibility index (Phi) is 19.9. The monoisotopic (exact) mass is 924 g/mol.